The van der Waals surface area contributed by atoms with E-state index in [0.29, 0.717) is 21.7 Å². The van der Waals surface area contributed by atoms with Crippen LogP contribution in [0.2, 0.25) is 0 Å². The Hall–Kier alpha value is -2.27. The van der Waals surface area contributed by atoms with Gasteiger partial charge in [-0.25, -0.2) is 4.79 Å². The van der Waals surface area contributed by atoms with Crippen LogP contribution in [-0.2, 0) is 4.74 Å². The lowest BCUT2D eigenvalue weighted by atomic mass is 10.2. The lowest BCUT2D eigenvalue weighted by molar-refractivity contribution is 0.0600. The molecule has 0 fully saturated rings. The second kappa shape index (κ2) is 6.25. The number of methoxy groups -OCH3 is 1. The third-order valence-corrected chi connectivity index (χ3v) is 3.10. The molecule has 0 heterocycles. The van der Waals surface area contributed by atoms with Crippen LogP contribution in [0.4, 0.5) is 5.69 Å². The third-order valence-electron chi connectivity index (χ3n) is 2.71. The summed E-state index contributed by atoms with van der Waals surface area (Å²) in [6.45, 7) is 0. The first-order chi connectivity index (χ1) is 9.61. The Kier molecular flexibility index (Phi) is 4.42. The average Bonchev–Trinajstić information content (AvgIpc) is 2.47. The van der Waals surface area contributed by atoms with Crippen molar-refractivity contribution in [3.8, 4) is 0 Å². The summed E-state index contributed by atoms with van der Waals surface area (Å²) < 4.78 is 4.61. The van der Waals surface area contributed by atoms with E-state index in [-0.39, 0.29) is 5.91 Å². The molecule has 0 aliphatic heterocycles. The largest absolute Gasteiger partial charge is 0.465 e. The van der Waals surface area contributed by atoms with E-state index in [1.165, 1.54) is 7.11 Å². The van der Waals surface area contributed by atoms with Gasteiger partial charge in [-0.15, -0.1) is 12.6 Å². The molecule has 2 aromatic carbocycles. The van der Waals surface area contributed by atoms with Crippen LogP contribution in [0.25, 0.3) is 0 Å². The Morgan fingerprint density at radius 3 is 2.30 bits per heavy atom. The highest BCUT2D eigenvalue weighted by Crippen LogP contribution is 2.16. The second-order valence-corrected chi connectivity index (χ2v) is 4.52. The topological polar surface area (TPSA) is 55.4 Å². The number of nitrogens with one attached hydrogen (secondary N) is 1. The van der Waals surface area contributed by atoms with Crippen LogP contribution in [0.1, 0.15) is 20.7 Å². The van der Waals surface area contributed by atoms with Crippen molar-refractivity contribution in [2.45, 2.75) is 4.90 Å². The number of rotatable bonds is 3. The summed E-state index contributed by atoms with van der Waals surface area (Å²) in [7, 11) is 1.32. The fourth-order valence-electron chi connectivity index (χ4n) is 1.67. The van der Waals surface area contributed by atoms with Crippen molar-refractivity contribution in [3.63, 3.8) is 0 Å². The first kappa shape index (κ1) is 14.1. The highest BCUT2D eigenvalue weighted by molar-refractivity contribution is 7.80. The SMILES string of the molecule is COC(=O)c1ccc(NC(=O)c2ccccc2S)cc1. The van der Waals surface area contributed by atoms with Crippen LogP contribution in [0, 0.1) is 0 Å². The van der Waals surface area contributed by atoms with Crippen LogP contribution >= 0.6 is 12.6 Å². The van der Waals surface area contributed by atoms with Crippen molar-refractivity contribution in [2.24, 2.45) is 0 Å². The van der Waals surface area contributed by atoms with Gasteiger partial charge in [0, 0.05) is 10.6 Å². The number of thiol groups is 1. The third kappa shape index (κ3) is 3.19. The molecule has 0 aliphatic carbocycles. The Bertz CT molecular complexity index is 638. The van der Waals surface area contributed by atoms with Crippen molar-refractivity contribution in [1.82, 2.24) is 0 Å². The van der Waals surface area contributed by atoms with E-state index in [0.717, 1.165) is 0 Å². The van der Waals surface area contributed by atoms with Crippen LogP contribution in [0.5, 0.6) is 0 Å². The molecule has 1 N–H and O–H groups in total. The summed E-state index contributed by atoms with van der Waals surface area (Å²) >= 11 is 4.24. The van der Waals surface area contributed by atoms with Gasteiger partial charge in [0.25, 0.3) is 5.91 Å². The molecular formula is C15H13NO3S. The lowest BCUT2D eigenvalue weighted by Crippen LogP contribution is -2.12. The van der Waals surface area contributed by atoms with Gasteiger partial charge in [0.1, 0.15) is 0 Å². The van der Waals surface area contributed by atoms with Gasteiger partial charge in [-0.05, 0) is 36.4 Å². The number of amides is 1. The lowest BCUT2D eigenvalue weighted by Gasteiger charge is -2.07. The van der Waals surface area contributed by atoms with Gasteiger partial charge in [0.15, 0.2) is 0 Å². The Labute approximate surface area is 122 Å². The fourth-order valence-corrected chi connectivity index (χ4v) is 1.93. The molecule has 0 bridgehead atoms. The molecule has 0 spiro atoms. The fraction of sp³-hybridized carbons (Fsp3) is 0.0667. The second-order valence-electron chi connectivity index (χ2n) is 4.04. The molecular weight excluding hydrogens is 274 g/mol. The zero-order chi connectivity index (χ0) is 14.5. The Morgan fingerprint density at radius 2 is 1.70 bits per heavy atom. The van der Waals surface area contributed by atoms with Crippen molar-refractivity contribution < 1.29 is 14.3 Å². The number of benzene rings is 2. The normalized spacial score (nSPS) is 9.90. The zero-order valence-corrected chi connectivity index (χ0v) is 11.7. The van der Waals surface area contributed by atoms with E-state index >= 15 is 0 Å². The molecule has 2 rings (SSSR count). The Balaban J connectivity index is 2.13. The molecule has 20 heavy (non-hydrogen) atoms. The number of carbonyl (C=O) groups excluding carboxylic acids is 2. The first-order valence-electron chi connectivity index (χ1n) is 5.89. The number of ether oxygens (including phenoxy) is 1. The van der Waals surface area contributed by atoms with Crippen LogP contribution in [-0.4, -0.2) is 19.0 Å². The maximum absolute atomic E-state index is 12.1. The van der Waals surface area contributed by atoms with Crippen molar-refractivity contribution >= 4 is 30.2 Å². The van der Waals surface area contributed by atoms with Gasteiger partial charge in [0.2, 0.25) is 0 Å². The summed E-state index contributed by atoms with van der Waals surface area (Å²) in [5.74, 6) is -0.662. The molecule has 1 amide bonds. The predicted molar refractivity (Wildman–Crippen MR) is 79.4 cm³/mol. The number of hydrogen-bond acceptors (Lipinski definition) is 4. The summed E-state index contributed by atoms with van der Waals surface area (Å²) in [6.07, 6.45) is 0. The van der Waals surface area contributed by atoms with E-state index in [4.69, 9.17) is 0 Å². The Morgan fingerprint density at radius 1 is 1.05 bits per heavy atom. The molecule has 0 aromatic heterocycles. The van der Waals surface area contributed by atoms with Crippen LogP contribution in [0.3, 0.4) is 0 Å². The standard InChI is InChI=1S/C15H13NO3S/c1-19-15(18)10-6-8-11(9-7-10)16-14(17)12-4-2-3-5-13(12)20/h2-9,20H,1H3,(H,16,17). The van der Waals surface area contributed by atoms with Crippen molar-refractivity contribution in [3.05, 3.63) is 59.7 Å². The molecule has 5 heteroatoms. The first-order valence-corrected chi connectivity index (χ1v) is 6.34. The smallest absolute Gasteiger partial charge is 0.337 e. The molecule has 0 saturated heterocycles. The van der Waals surface area contributed by atoms with Gasteiger partial charge in [0.05, 0.1) is 18.2 Å². The molecule has 0 aliphatic rings. The van der Waals surface area contributed by atoms with E-state index in [1.54, 1.807) is 42.5 Å². The monoisotopic (exact) mass is 287 g/mol. The summed E-state index contributed by atoms with van der Waals surface area (Å²) in [6, 6.07) is 13.5. The summed E-state index contributed by atoms with van der Waals surface area (Å²) in [5, 5.41) is 2.74. The minimum Gasteiger partial charge on any atom is -0.465 e. The molecule has 0 radical (unpaired) electrons. The maximum Gasteiger partial charge on any atom is 0.337 e. The van der Waals surface area contributed by atoms with Crippen LogP contribution in [0.15, 0.2) is 53.4 Å². The molecule has 102 valence electrons. The van der Waals surface area contributed by atoms with Gasteiger partial charge >= 0.3 is 5.97 Å². The average molecular weight is 287 g/mol. The number of esters is 1. The highest BCUT2D eigenvalue weighted by atomic mass is 32.1. The van der Waals surface area contributed by atoms with Crippen molar-refractivity contribution in [1.29, 1.82) is 0 Å². The summed E-state index contributed by atoms with van der Waals surface area (Å²) in [4.78, 5) is 24.0. The summed E-state index contributed by atoms with van der Waals surface area (Å²) in [5.41, 5.74) is 1.52. The number of anilines is 1. The van der Waals surface area contributed by atoms with Crippen LogP contribution < -0.4 is 5.32 Å². The molecule has 0 saturated carbocycles. The molecule has 0 atom stereocenters. The minimum atomic E-state index is -0.413. The van der Waals surface area contributed by atoms with Gasteiger partial charge < -0.3 is 10.1 Å². The van der Waals surface area contributed by atoms with Gasteiger partial charge in [-0.2, -0.15) is 0 Å². The minimum absolute atomic E-state index is 0.249. The number of carbonyl (C=O) groups is 2. The molecule has 0 unspecified atom stereocenters. The quantitative estimate of drug-likeness (QED) is 0.674. The maximum atomic E-state index is 12.1. The van der Waals surface area contributed by atoms with E-state index in [2.05, 4.69) is 22.7 Å². The van der Waals surface area contributed by atoms with Crippen molar-refractivity contribution in [2.75, 3.05) is 12.4 Å². The van der Waals surface area contributed by atoms with Gasteiger partial charge in [-0.1, -0.05) is 12.1 Å². The molecule has 2 aromatic rings. The molecule has 4 nitrogen and oxygen atoms in total. The highest BCUT2D eigenvalue weighted by Gasteiger charge is 2.10. The van der Waals surface area contributed by atoms with E-state index < -0.39 is 5.97 Å². The van der Waals surface area contributed by atoms with Gasteiger partial charge in [-0.3, -0.25) is 4.79 Å². The predicted octanol–water partition coefficient (Wildman–Crippen LogP) is 3.01. The van der Waals surface area contributed by atoms with E-state index in [1.807, 2.05) is 6.07 Å². The van der Waals surface area contributed by atoms with E-state index in [9.17, 15) is 9.59 Å². The zero-order valence-electron chi connectivity index (χ0n) is 10.8. The number of hydrogen-bond donors (Lipinski definition) is 2.